The molecule has 3 heteroatoms. The first-order valence-corrected chi connectivity index (χ1v) is 9.11. The first kappa shape index (κ1) is 19.5. The summed E-state index contributed by atoms with van der Waals surface area (Å²) in [5.74, 6) is -0.0676. The number of aromatic hydroxyl groups is 2. The standard InChI is InChI=1S/C23H26O3/c1-3-5-7-11-17-19(13-9-15-21(17)24)23(26)20-14-10-16-22(25)18(20)12-8-6-4-2/h7-16,24-25H,3-6H2,1-2H3. The van der Waals surface area contributed by atoms with Gasteiger partial charge in [0.1, 0.15) is 11.5 Å². The van der Waals surface area contributed by atoms with Crippen molar-refractivity contribution in [2.24, 2.45) is 0 Å². The molecule has 0 bridgehead atoms. The summed E-state index contributed by atoms with van der Waals surface area (Å²) in [6.45, 7) is 4.14. The third-order valence-electron chi connectivity index (χ3n) is 4.14. The van der Waals surface area contributed by atoms with Gasteiger partial charge in [0.2, 0.25) is 0 Å². The van der Waals surface area contributed by atoms with Crippen molar-refractivity contribution in [1.29, 1.82) is 0 Å². The number of benzene rings is 2. The predicted molar refractivity (Wildman–Crippen MR) is 108 cm³/mol. The average Bonchev–Trinajstić information content (AvgIpc) is 2.64. The highest BCUT2D eigenvalue weighted by Crippen LogP contribution is 2.29. The second kappa shape index (κ2) is 9.62. The molecule has 0 saturated carbocycles. The second-order valence-corrected chi connectivity index (χ2v) is 6.19. The van der Waals surface area contributed by atoms with E-state index in [1.54, 1.807) is 48.6 Å². The number of allylic oxidation sites excluding steroid dienone is 2. The van der Waals surface area contributed by atoms with Crippen LogP contribution in [0.5, 0.6) is 11.5 Å². The zero-order chi connectivity index (χ0) is 18.9. The van der Waals surface area contributed by atoms with Crippen LogP contribution < -0.4 is 0 Å². The number of hydrogen-bond donors (Lipinski definition) is 2. The van der Waals surface area contributed by atoms with Gasteiger partial charge < -0.3 is 10.2 Å². The summed E-state index contributed by atoms with van der Waals surface area (Å²) in [5, 5.41) is 20.4. The van der Waals surface area contributed by atoms with E-state index in [0.717, 1.165) is 25.7 Å². The van der Waals surface area contributed by atoms with Crippen LogP contribution in [0.25, 0.3) is 12.2 Å². The van der Waals surface area contributed by atoms with E-state index in [4.69, 9.17) is 0 Å². The van der Waals surface area contributed by atoms with Gasteiger partial charge in [-0.1, -0.05) is 75.3 Å². The molecule has 0 atom stereocenters. The SMILES string of the molecule is CCCC=Cc1c(O)cccc1C(=O)c1cccc(O)c1C=CCCC. The molecule has 0 aromatic heterocycles. The summed E-state index contributed by atoms with van der Waals surface area (Å²) >= 11 is 0. The van der Waals surface area contributed by atoms with Crippen molar-refractivity contribution in [3.05, 3.63) is 70.8 Å². The summed E-state index contributed by atoms with van der Waals surface area (Å²) in [6, 6.07) is 9.89. The maximum atomic E-state index is 13.2. The van der Waals surface area contributed by atoms with Crippen LogP contribution in [0.3, 0.4) is 0 Å². The summed E-state index contributed by atoms with van der Waals surface area (Å²) in [7, 11) is 0. The van der Waals surface area contributed by atoms with E-state index in [1.807, 2.05) is 12.2 Å². The highest BCUT2D eigenvalue weighted by atomic mass is 16.3. The van der Waals surface area contributed by atoms with Gasteiger partial charge in [-0.15, -0.1) is 0 Å². The maximum Gasteiger partial charge on any atom is 0.194 e. The lowest BCUT2D eigenvalue weighted by atomic mass is 9.93. The van der Waals surface area contributed by atoms with Crippen molar-refractivity contribution in [1.82, 2.24) is 0 Å². The lowest BCUT2D eigenvalue weighted by Crippen LogP contribution is -2.06. The van der Waals surface area contributed by atoms with Crippen LogP contribution >= 0.6 is 0 Å². The molecule has 0 unspecified atom stereocenters. The molecule has 0 amide bonds. The first-order chi connectivity index (χ1) is 12.6. The number of unbranched alkanes of at least 4 members (excludes halogenated alkanes) is 2. The van der Waals surface area contributed by atoms with Crippen LogP contribution in [-0.4, -0.2) is 16.0 Å². The molecule has 0 aliphatic carbocycles. The fraction of sp³-hybridized carbons (Fsp3) is 0.261. The van der Waals surface area contributed by atoms with Crippen molar-refractivity contribution in [2.45, 2.75) is 39.5 Å². The number of rotatable bonds is 8. The Morgan fingerprint density at radius 3 is 1.62 bits per heavy atom. The van der Waals surface area contributed by atoms with Gasteiger partial charge in [-0.2, -0.15) is 0 Å². The minimum Gasteiger partial charge on any atom is -0.507 e. The van der Waals surface area contributed by atoms with Gasteiger partial charge in [0, 0.05) is 22.3 Å². The normalized spacial score (nSPS) is 11.5. The molecule has 0 aliphatic heterocycles. The Labute approximate surface area is 155 Å². The van der Waals surface area contributed by atoms with Crippen molar-refractivity contribution in [2.75, 3.05) is 0 Å². The molecule has 3 nitrogen and oxygen atoms in total. The molecular weight excluding hydrogens is 324 g/mol. The summed E-state index contributed by atoms with van der Waals surface area (Å²) in [4.78, 5) is 13.2. The molecule has 0 heterocycles. The monoisotopic (exact) mass is 350 g/mol. The predicted octanol–water partition coefficient (Wildman–Crippen LogP) is 5.96. The van der Waals surface area contributed by atoms with E-state index >= 15 is 0 Å². The van der Waals surface area contributed by atoms with Crippen LogP contribution in [0.15, 0.2) is 48.6 Å². The minimum absolute atomic E-state index is 0.0754. The molecule has 0 fully saturated rings. The van der Waals surface area contributed by atoms with E-state index in [-0.39, 0.29) is 17.3 Å². The van der Waals surface area contributed by atoms with Crippen molar-refractivity contribution in [3.8, 4) is 11.5 Å². The van der Waals surface area contributed by atoms with Crippen molar-refractivity contribution < 1.29 is 15.0 Å². The second-order valence-electron chi connectivity index (χ2n) is 6.19. The topological polar surface area (TPSA) is 57.5 Å². The van der Waals surface area contributed by atoms with E-state index in [1.165, 1.54) is 0 Å². The average molecular weight is 350 g/mol. The first-order valence-electron chi connectivity index (χ1n) is 9.11. The fourth-order valence-electron chi connectivity index (χ4n) is 2.73. The Bertz CT molecular complexity index is 749. The maximum absolute atomic E-state index is 13.2. The summed E-state index contributed by atoms with van der Waals surface area (Å²) in [6.07, 6.45) is 11.2. The van der Waals surface area contributed by atoms with Crippen molar-refractivity contribution >= 4 is 17.9 Å². The Balaban J connectivity index is 2.50. The van der Waals surface area contributed by atoms with Gasteiger partial charge in [-0.05, 0) is 25.0 Å². The third-order valence-corrected chi connectivity index (χ3v) is 4.14. The van der Waals surface area contributed by atoms with Gasteiger partial charge in [-0.25, -0.2) is 0 Å². The molecule has 26 heavy (non-hydrogen) atoms. The highest BCUT2D eigenvalue weighted by molar-refractivity contribution is 6.13. The van der Waals surface area contributed by atoms with E-state index < -0.39 is 0 Å². The molecule has 2 rings (SSSR count). The Morgan fingerprint density at radius 1 is 0.808 bits per heavy atom. The fourth-order valence-corrected chi connectivity index (χ4v) is 2.73. The van der Waals surface area contributed by atoms with Crippen LogP contribution in [0.1, 0.15) is 66.6 Å². The molecule has 136 valence electrons. The molecule has 2 aromatic rings. The van der Waals surface area contributed by atoms with Gasteiger partial charge in [0.05, 0.1) is 0 Å². The van der Waals surface area contributed by atoms with Gasteiger partial charge >= 0.3 is 0 Å². The number of carbonyl (C=O) groups excluding carboxylic acids is 1. The van der Waals surface area contributed by atoms with Crippen LogP contribution in [0.2, 0.25) is 0 Å². The highest BCUT2D eigenvalue weighted by Gasteiger charge is 2.18. The Hall–Kier alpha value is -2.81. The Kier molecular flexibility index (Phi) is 7.22. The summed E-state index contributed by atoms with van der Waals surface area (Å²) in [5.41, 5.74) is 1.87. The molecular formula is C23H26O3. The number of ketones is 1. The lowest BCUT2D eigenvalue weighted by molar-refractivity contribution is 0.103. The number of carbonyl (C=O) groups is 1. The summed E-state index contributed by atoms with van der Waals surface area (Å²) < 4.78 is 0. The van der Waals surface area contributed by atoms with Crippen LogP contribution in [-0.2, 0) is 0 Å². The number of phenolic OH excluding ortho intramolecular Hbond substituents is 2. The minimum atomic E-state index is -0.218. The largest absolute Gasteiger partial charge is 0.507 e. The zero-order valence-electron chi connectivity index (χ0n) is 15.4. The van der Waals surface area contributed by atoms with Crippen molar-refractivity contribution in [3.63, 3.8) is 0 Å². The molecule has 2 aromatic carbocycles. The molecule has 0 saturated heterocycles. The molecule has 0 radical (unpaired) electrons. The van der Waals surface area contributed by atoms with E-state index in [9.17, 15) is 15.0 Å². The molecule has 2 N–H and O–H groups in total. The quantitative estimate of drug-likeness (QED) is 0.578. The van der Waals surface area contributed by atoms with Gasteiger partial charge in [-0.3, -0.25) is 4.79 Å². The molecule has 0 spiro atoms. The molecule has 0 aliphatic rings. The number of hydrogen-bond acceptors (Lipinski definition) is 3. The zero-order valence-corrected chi connectivity index (χ0v) is 15.4. The van der Waals surface area contributed by atoms with Gasteiger partial charge in [0.25, 0.3) is 0 Å². The Morgan fingerprint density at radius 2 is 1.23 bits per heavy atom. The van der Waals surface area contributed by atoms with Crippen LogP contribution in [0, 0.1) is 0 Å². The third kappa shape index (κ3) is 4.63. The lowest BCUT2D eigenvalue weighted by Gasteiger charge is -2.11. The van der Waals surface area contributed by atoms with Gasteiger partial charge in [0.15, 0.2) is 5.78 Å². The van der Waals surface area contributed by atoms with Crippen LogP contribution in [0.4, 0.5) is 0 Å². The van der Waals surface area contributed by atoms with E-state index in [0.29, 0.717) is 22.3 Å². The number of phenols is 2. The van der Waals surface area contributed by atoms with E-state index in [2.05, 4.69) is 13.8 Å². The smallest absolute Gasteiger partial charge is 0.194 e.